The lowest BCUT2D eigenvalue weighted by Gasteiger charge is -2.32. The molecule has 0 unspecified atom stereocenters. The summed E-state index contributed by atoms with van der Waals surface area (Å²) in [6.07, 6.45) is -0.682. The fourth-order valence-corrected chi connectivity index (χ4v) is 3.01. The van der Waals surface area contributed by atoms with Crippen LogP contribution in [0.5, 0.6) is 0 Å². The second-order valence-electron chi connectivity index (χ2n) is 6.27. The van der Waals surface area contributed by atoms with Gasteiger partial charge in [0.25, 0.3) is 5.91 Å². The lowest BCUT2D eigenvalue weighted by molar-refractivity contribution is -0.147. The molecule has 1 aliphatic heterocycles. The average Bonchev–Trinajstić information content (AvgIpc) is 2.67. The summed E-state index contributed by atoms with van der Waals surface area (Å²) in [5.41, 5.74) is 1.70. The van der Waals surface area contributed by atoms with Crippen molar-refractivity contribution in [2.75, 3.05) is 19.7 Å². The van der Waals surface area contributed by atoms with E-state index in [0.29, 0.717) is 18.7 Å². The standard InChI is InChI=1S/C20H22N2O4/c23-19(21-18(20(24)25)16-9-5-2-6-10-16)17-14-22(11-12-26-17)13-15-7-3-1-4-8-15/h1-10,17-18H,11-14H2,(H,21,23)(H,24,25)/t17-,18+/m0/s1. The molecule has 1 aliphatic rings. The number of carbonyl (C=O) groups excluding carboxylic acids is 1. The molecule has 0 aliphatic carbocycles. The van der Waals surface area contributed by atoms with Crippen LogP contribution in [0.2, 0.25) is 0 Å². The van der Waals surface area contributed by atoms with Crippen LogP contribution >= 0.6 is 0 Å². The van der Waals surface area contributed by atoms with Gasteiger partial charge in [-0.25, -0.2) is 4.79 Å². The summed E-state index contributed by atoms with van der Waals surface area (Å²) in [5, 5.41) is 12.1. The third-order valence-corrected chi connectivity index (χ3v) is 4.36. The van der Waals surface area contributed by atoms with Gasteiger partial charge in [0.1, 0.15) is 6.10 Å². The maximum Gasteiger partial charge on any atom is 0.330 e. The SMILES string of the molecule is O=C(N[C@@H](C(=O)O)c1ccccc1)[C@@H]1CN(Cc2ccccc2)CCO1. The van der Waals surface area contributed by atoms with Crippen molar-refractivity contribution in [3.8, 4) is 0 Å². The quantitative estimate of drug-likeness (QED) is 0.827. The molecular weight excluding hydrogens is 332 g/mol. The number of benzene rings is 2. The number of morpholine rings is 1. The largest absolute Gasteiger partial charge is 0.479 e. The van der Waals surface area contributed by atoms with Gasteiger partial charge in [-0.2, -0.15) is 0 Å². The van der Waals surface area contributed by atoms with E-state index in [4.69, 9.17) is 4.74 Å². The van der Waals surface area contributed by atoms with Crippen LogP contribution in [0.4, 0.5) is 0 Å². The molecule has 6 nitrogen and oxygen atoms in total. The van der Waals surface area contributed by atoms with Crippen LogP contribution in [-0.2, 0) is 20.9 Å². The minimum Gasteiger partial charge on any atom is -0.479 e. The first kappa shape index (κ1) is 18.1. The Morgan fingerprint density at radius 1 is 1.12 bits per heavy atom. The summed E-state index contributed by atoms with van der Waals surface area (Å²) in [5.74, 6) is -1.50. The summed E-state index contributed by atoms with van der Waals surface area (Å²) in [6.45, 7) is 2.34. The molecule has 0 aromatic heterocycles. The van der Waals surface area contributed by atoms with Crippen LogP contribution in [0, 0.1) is 0 Å². The first-order chi connectivity index (χ1) is 12.6. The number of hydrogen-bond acceptors (Lipinski definition) is 4. The monoisotopic (exact) mass is 354 g/mol. The fourth-order valence-electron chi connectivity index (χ4n) is 3.01. The fraction of sp³-hybridized carbons (Fsp3) is 0.300. The zero-order valence-electron chi connectivity index (χ0n) is 14.4. The average molecular weight is 354 g/mol. The van der Waals surface area contributed by atoms with Crippen molar-refractivity contribution in [3.63, 3.8) is 0 Å². The van der Waals surface area contributed by atoms with E-state index in [2.05, 4.69) is 10.2 Å². The third-order valence-electron chi connectivity index (χ3n) is 4.36. The van der Waals surface area contributed by atoms with Crippen molar-refractivity contribution in [1.82, 2.24) is 10.2 Å². The Morgan fingerprint density at radius 3 is 2.42 bits per heavy atom. The number of carboxylic acids is 1. The lowest BCUT2D eigenvalue weighted by Crippen LogP contribution is -2.50. The molecule has 136 valence electrons. The molecule has 6 heteroatoms. The van der Waals surface area contributed by atoms with Crippen LogP contribution in [0.25, 0.3) is 0 Å². The van der Waals surface area contributed by atoms with Gasteiger partial charge in [-0.05, 0) is 11.1 Å². The molecule has 0 bridgehead atoms. The van der Waals surface area contributed by atoms with E-state index < -0.39 is 24.0 Å². The van der Waals surface area contributed by atoms with Gasteiger partial charge in [0.05, 0.1) is 6.61 Å². The van der Waals surface area contributed by atoms with Gasteiger partial charge < -0.3 is 15.2 Å². The lowest BCUT2D eigenvalue weighted by atomic mass is 10.1. The number of carboxylic acid groups (broad SMARTS) is 1. The normalized spacial score (nSPS) is 18.8. The van der Waals surface area contributed by atoms with E-state index in [9.17, 15) is 14.7 Å². The molecule has 0 radical (unpaired) electrons. The molecule has 1 heterocycles. The van der Waals surface area contributed by atoms with Gasteiger partial charge in [0, 0.05) is 19.6 Å². The second kappa shape index (κ2) is 8.60. The van der Waals surface area contributed by atoms with Crippen molar-refractivity contribution < 1.29 is 19.4 Å². The Morgan fingerprint density at radius 2 is 1.77 bits per heavy atom. The molecular formula is C20H22N2O4. The van der Waals surface area contributed by atoms with Crippen molar-refractivity contribution in [2.24, 2.45) is 0 Å². The summed E-state index contributed by atoms with van der Waals surface area (Å²) >= 11 is 0. The summed E-state index contributed by atoms with van der Waals surface area (Å²) in [6, 6.07) is 17.6. The first-order valence-electron chi connectivity index (χ1n) is 8.59. The van der Waals surface area contributed by atoms with Gasteiger partial charge in [0.2, 0.25) is 0 Å². The van der Waals surface area contributed by atoms with Crippen LogP contribution in [0.15, 0.2) is 60.7 Å². The molecule has 1 saturated heterocycles. The predicted molar refractivity (Wildman–Crippen MR) is 96.4 cm³/mol. The number of ether oxygens (including phenoxy) is 1. The summed E-state index contributed by atoms with van der Waals surface area (Å²) in [4.78, 5) is 26.3. The van der Waals surface area contributed by atoms with Crippen molar-refractivity contribution in [2.45, 2.75) is 18.7 Å². The number of hydrogen-bond donors (Lipinski definition) is 2. The van der Waals surface area contributed by atoms with E-state index in [1.807, 2.05) is 30.3 Å². The van der Waals surface area contributed by atoms with E-state index in [1.165, 1.54) is 5.56 Å². The smallest absolute Gasteiger partial charge is 0.330 e. The van der Waals surface area contributed by atoms with E-state index >= 15 is 0 Å². The molecule has 2 aromatic carbocycles. The molecule has 2 atom stereocenters. The molecule has 2 N–H and O–H groups in total. The first-order valence-corrected chi connectivity index (χ1v) is 8.59. The zero-order valence-corrected chi connectivity index (χ0v) is 14.4. The van der Waals surface area contributed by atoms with E-state index in [1.54, 1.807) is 30.3 Å². The summed E-state index contributed by atoms with van der Waals surface area (Å²) in [7, 11) is 0. The second-order valence-corrected chi connectivity index (χ2v) is 6.27. The van der Waals surface area contributed by atoms with Crippen molar-refractivity contribution in [1.29, 1.82) is 0 Å². The van der Waals surface area contributed by atoms with E-state index in [0.717, 1.165) is 13.1 Å². The Hall–Kier alpha value is -2.70. The highest BCUT2D eigenvalue weighted by molar-refractivity contribution is 5.87. The minimum atomic E-state index is -1.10. The van der Waals surface area contributed by atoms with E-state index in [-0.39, 0.29) is 0 Å². The molecule has 26 heavy (non-hydrogen) atoms. The molecule has 0 spiro atoms. The summed E-state index contributed by atoms with van der Waals surface area (Å²) < 4.78 is 5.58. The number of nitrogens with zero attached hydrogens (tertiary/aromatic N) is 1. The highest BCUT2D eigenvalue weighted by atomic mass is 16.5. The molecule has 1 fully saturated rings. The topological polar surface area (TPSA) is 78.9 Å². The Bertz CT molecular complexity index is 736. The van der Waals surface area contributed by atoms with Gasteiger partial charge in [0.15, 0.2) is 6.04 Å². The highest BCUT2D eigenvalue weighted by Gasteiger charge is 2.30. The van der Waals surface area contributed by atoms with Gasteiger partial charge >= 0.3 is 5.97 Å². The Balaban J connectivity index is 1.62. The minimum absolute atomic E-state index is 0.404. The predicted octanol–water partition coefficient (Wildman–Crippen LogP) is 1.83. The van der Waals surface area contributed by atoms with Crippen LogP contribution in [0.3, 0.4) is 0 Å². The van der Waals surface area contributed by atoms with Gasteiger partial charge in [-0.3, -0.25) is 9.69 Å². The molecule has 2 aromatic rings. The van der Waals surface area contributed by atoms with Gasteiger partial charge in [-0.15, -0.1) is 0 Å². The molecule has 3 rings (SSSR count). The van der Waals surface area contributed by atoms with Crippen molar-refractivity contribution >= 4 is 11.9 Å². The zero-order chi connectivity index (χ0) is 18.4. The highest BCUT2D eigenvalue weighted by Crippen LogP contribution is 2.15. The maximum absolute atomic E-state index is 12.6. The molecule has 1 amide bonds. The number of nitrogens with one attached hydrogen (secondary N) is 1. The third kappa shape index (κ3) is 4.68. The number of rotatable bonds is 6. The Kier molecular flexibility index (Phi) is 5.99. The molecule has 0 saturated carbocycles. The number of amides is 1. The maximum atomic E-state index is 12.6. The van der Waals surface area contributed by atoms with Gasteiger partial charge in [-0.1, -0.05) is 60.7 Å². The van der Waals surface area contributed by atoms with Crippen LogP contribution in [0.1, 0.15) is 17.2 Å². The van der Waals surface area contributed by atoms with Crippen LogP contribution < -0.4 is 5.32 Å². The number of aliphatic carboxylic acids is 1. The Labute approximate surface area is 152 Å². The number of carbonyl (C=O) groups is 2. The van der Waals surface area contributed by atoms with Crippen molar-refractivity contribution in [3.05, 3.63) is 71.8 Å². The van der Waals surface area contributed by atoms with Crippen LogP contribution in [-0.4, -0.2) is 47.7 Å².